The zero-order chi connectivity index (χ0) is 28.3. The molecule has 0 saturated heterocycles. The summed E-state index contributed by atoms with van der Waals surface area (Å²) in [5, 5.41) is 18.6. The van der Waals surface area contributed by atoms with Gasteiger partial charge >= 0.3 is 0 Å². The molecule has 5 rings (SSSR count). The van der Waals surface area contributed by atoms with Gasteiger partial charge in [-0.25, -0.2) is 4.21 Å². The number of carbonyl (C=O) groups is 1. The maximum absolute atomic E-state index is 13.8. The fourth-order valence-electron chi connectivity index (χ4n) is 5.32. The Morgan fingerprint density at radius 1 is 1.18 bits per heavy atom. The molecule has 3 atom stereocenters. The summed E-state index contributed by atoms with van der Waals surface area (Å²) in [6, 6.07) is 16.8. The third-order valence-corrected chi connectivity index (χ3v) is 9.69. The van der Waals surface area contributed by atoms with Crippen molar-refractivity contribution in [1.82, 2.24) is 20.2 Å². The van der Waals surface area contributed by atoms with Crippen LogP contribution in [-0.4, -0.2) is 62.1 Å². The Morgan fingerprint density at radius 2 is 1.95 bits per heavy atom. The normalized spacial score (nSPS) is 18.3. The molecule has 3 N–H and O–H groups in total. The van der Waals surface area contributed by atoms with Gasteiger partial charge < -0.3 is 24.6 Å². The smallest absolute Gasteiger partial charge is 0.251 e. The number of nitrogens with one attached hydrogen (secondary N) is 2. The van der Waals surface area contributed by atoms with Crippen LogP contribution in [0.25, 0.3) is 10.9 Å². The molecule has 1 aliphatic rings. The van der Waals surface area contributed by atoms with E-state index in [0.29, 0.717) is 37.2 Å². The quantitative estimate of drug-likeness (QED) is 0.259. The van der Waals surface area contributed by atoms with Crippen LogP contribution in [0.5, 0.6) is 0 Å². The van der Waals surface area contributed by atoms with Gasteiger partial charge in [-0.2, -0.15) is 0 Å². The van der Waals surface area contributed by atoms with E-state index in [4.69, 9.17) is 0 Å². The highest BCUT2D eigenvalue weighted by molar-refractivity contribution is 8.01. The number of hydrogen-bond acceptors (Lipinski definition) is 5. The first kappa shape index (κ1) is 27.9. The number of hydrogen-bond donors (Lipinski definition) is 3. The largest absolute Gasteiger partial charge is 0.390 e. The van der Waals surface area contributed by atoms with Crippen LogP contribution in [-0.2, 0) is 35.6 Å². The third-order valence-electron chi connectivity index (χ3n) is 7.66. The Morgan fingerprint density at radius 3 is 2.67 bits per heavy atom. The van der Waals surface area contributed by atoms with Crippen molar-refractivity contribution in [3.8, 4) is 0 Å². The van der Waals surface area contributed by atoms with Gasteiger partial charge in [0.2, 0.25) is 0 Å². The molecular formula is C31H37N5O3S. The molecule has 0 radical (unpaired) electrons. The number of carbonyl (C=O) groups excluding carboxylic acids is 1. The molecule has 0 saturated carbocycles. The molecule has 2 aromatic carbocycles. The van der Waals surface area contributed by atoms with Crippen molar-refractivity contribution in [2.75, 3.05) is 23.7 Å². The van der Waals surface area contributed by atoms with Gasteiger partial charge in [0, 0.05) is 71.7 Å². The maximum Gasteiger partial charge on any atom is 0.251 e. The van der Waals surface area contributed by atoms with Crippen LogP contribution in [0, 0.1) is 0 Å². The van der Waals surface area contributed by atoms with Gasteiger partial charge in [-0.15, -0.1) is 0 Å². The van der Waals surface area contributed by atoms with Crippen LogP contribution in [0.4, 0.5) is 5.69 Å². The number of amides is 1. The van der Waals surface area contributed by atoms with E-state index >= 15 is 0 Å². The fraction of sp³-hybridized carbons (Fsp3) is 0.323. The second kappa shape index (κ2) is 11.8. The van der Waals surface area contributed by atoms with E-state index in [9.17, 15) is 14.1 Å². The summed E-state index contributed by atoms with van der Waals surface area (Å²) in [4.78, 5) is 17.9. The van der Waals surface area contributed by atoms with E-state index in [1.807, 2.05) is 54.6 Å². The Balaban J connectivity index is 1.42. The van der Waals surface area contributed by atoms with Gasteiger partial charge in [0.15, 0.2) is 0 Å². The van der Waals surface area contributed by atoms with Crippen molar-refractivity contribution >= 4 is 38.1 Å². The number of aromatic nitrogens is 2. The van der Waals surface area contributed by atoms with Crippen molar-refractivity contribution in [3.63, 3.8) is 0 Å². The van der Waals surface area contributed by atoms with Crippen molar-refractivity contribution in [2.45, 2.75) is 45.0 Å². The highest BCUT2D eigenvalue weighted by atomic mass is 32.2. The van der Waals surface area contributed by atoms with E-state index in [1.165, 1.54) is 0 Å². The Hall–Kier alpha value is -3.66. The number of benzene rings is 2. The van der Waals surface area contributed by atoms with E-state index in [1.54, 1.807) is 23.7 Å². The van der Waals surface area contributed by atoms with Gasteiger partial charge in [-0.1, -0.05) is 36.4 Å². The molecule has 1 unspecified atom stereocenters. The van der Waals surface area contributed by atoms with Crippen LogP contribution in [0.1, 0.15) is 34.0 Å². The summed E-state index contributed by atoms with van der Waals surface area (Å²) in [6.45, 7) is 3.68. The molecule has 0 spiro atoms. The lowest BCUT2D eigenvalue weighted by atomic mass is 10.00. The summed E-state index contributed by atoms with van der Waals surface area (Å²) in [5.74, 6) is 4.18. The van der Waals surface area contributed by atoms with E-state index in [-0.39, 0.29) is 5.91 Å². The van der Waals surface area contributed by atoms with Crippen LogP contribution >= 0.6 is 0 Å². The van der Waals surface area contributed by atoms with Crippen LogP contribution in [0.3, 0.4) is 0 Å². The molecule has 0 fully saturated rings. The van der Waals surface area contributed by atoms with Crippen LogP contribution in [0.15, 0.2) is 73.2 Å². The first-order valence-corrected chi connectivity index (χ1v) is 15.5. The molecule has 4 aromatic rings. The van der Waals surface area contributed by atoms with Crippen molar-refractivity contribution in [3.05, 3.63) is 95.4 Å². The second-order valence-electron chi connectivity index (χ2n) is 10.4. The highest BCUT2D eigenvalue weighted by Gasteiger charge is 2.27. The number of rotatable bonds is 10. The summed E-state index contributed by atoms with van der Waals surface area (Å²) >= 11 is 0. The number of pyridine rings is 1. The first-order chi connectivity index (χ1) is 19.3. The SMILES string of the molecule is C=S1(=O)CCc2cn(CC)c3cc(C(=O)N[C@@H](Cc4ccccc4)[C@H](O)CNCc4cccnc4)cc(c23)N1C. The lowest BCUT2D eigenvalue weighted by molar-refractivity contribution is 0.0830. The molecule has 40 heavy (non-hydrogen) atoms. The predicted molar refractivity (Wildman–Crippen MR) is 163 cm³/mol. The van der Waals surface area contributed by atoms with Crippen molar-refractivity contribution in [2.24, 2.45) is 0 Å². The van der Waals surface area contributed by atoms with E-state index in [2.05, 4.69) is 39.2 Å². The van der Waals surface area contributed by atoms with Crippen LogP contribution < -0.4 is 14.9 Å². The molecular weight excluding hydrogens is 522 g/mol. The monoisotopic (exact) mass is 559 g/mol. The average molecular weight is 560 g/mol. The molecule has 1 amide bonds. The van der Waals surface area contributed by atoms with Gasteiger partial charge in [0.25, 0.3) is 5.91 Å². The average Bonchev–Trinajstić information content (AvgIpc) is 3.29. The minimum atomic E-state index is -2.51. The molecule has 0 aliphatic carbocycles. The molecule has 8 nitrogen and oxygen atoms in total. The number of aliphatic hydroxyl groups is 1. The van der Waals surface area contributed by atoms with Gasteiger partial charge in [0.1, 0.15) is 0 Å². The molecule has 3 heterocycles. The van der Waals surface area contributed by atoms with Gasteiger partial charge in [-0.3, -0.25) is 9.78 Å². The van der Waals surface area contributed by atoms with Gasteiger partial charge in [-0.05, 0) is 60.5 Å². The van der Waals surface area contributed by atoms with Crippen molar-refractivity contribution in [1.29, 1.82) is 0 Å². The fourth-order valence-corrected chi connectivity index (χ4v) is 6.63. The summed E-state index contributed by atoms with van der Waals surface area (Å²) in [5.41, 5.74) is 5.29. The van der Waals surface area contributed by atoms with Crippen molar-refractivity contribution < 1.29 is 14.1 Å². The van der Waals surface area contributed by atoms with E-state index < -0.39 is 21.9 Å². The molecule has 1 aliphatic heterocycles. The lowest BCUT2D eigenvalue weighted by Crippen LogP contribution is -2.48. The zero-order valence-electron chi connectivity index (χ0n) is 23.0. The lowest BCUT2D eigenvalue weighted by Gasteiger charge is -2.26. The van der Waals surface area contributed by atoms with Crippen LogP contribution in [0.2, 0.25) is 0 Å². The molecule has 0 bridgehead atoms. The topological polar surface area (TPSA) is 99.5 Å². The third kappa shape index (κ3) is 5.91. The predicted octanol–water partition coefficient (Wildman–Crippen LogP) is 3.17. The second-order valence-corrected chi connectivity index (χ2v) is 12.9. The number of aliphatic hydroxyl groups excluding tert-OH is 1. The standard InChI is InChI=1S/C31H37N5O3S/c1-4-36-21-24-12-14-40(3,39)35(2)27-16-25(17-28(36)30(24)27)31(38)34-26(15-22-9-6-5-7-10-22)29(37)20-33-19-23-11-8-13-32-18-23/h5-11,13,16-18,21,26,29,33,37H,3-4,12,14-15,19-20H2,1-2H3,(H,34,38)/t26-,29+,40?/m0/s1. The minimum absolute atomic E-state index is 0.288. The molecule has 9 heteroatoms. The maximum atomic E-state index is 13.8. The Labute approximate surface area is 236 Å². The Kier molecular flexibility index (Phi) is 8.25. The van der Waals surface area contributed by atoms with E-state index in [0.717, 1.165) is 39.8 Å². The first-order valence-electron chi connectivity index (χ1n) is 13.6. The van der Waals surface area contributed by atoms with Gasteiger partial charge in [0.05, 0.1) is 23.3 Å². The zero-order valence-corrected chi connectivity index (χ0v) is 23.9. The molecule has 210 valence electrons. The highest BCUT2D eigenvalue weighted by Crippen LogP contribution is 2.37. The number of nitrogens with zero attached hydrogens (tertiary/aromatic N) is 3. The Bertz CT molecular complexity index is 1590. The summed E-state index contributed by atoms with van der Waals surface area (Å²) in [6.07, 6.45) is 5.92. The summed E-state index contributed by atoms with van der Waals surface area (Å²) < 4.78 is 17.2. The number of anilines is 1. The molecule has 2 aromatic heterocycles. The number of aryl methyl sites for hydroxylation is 2. The minimum Gasteiger partial charge on any atom is -0.390 e. The summed E-state index contributed by atoms with van der Waals surface area (Å²) in [7, 11) is -0.723.